The molecule has 1 atom stereocenters. The summed E-state index contributed by atoms with van der Waals surface area (Å²) in [5, 5.41) is 13.5. The van der Waals surface area contributed by atoms with E-state index in [4.69, 9.17) is 0 Å². The molecule has 0 aliphatic carbocycles. The van der Waals surface area contributed by atoms with Crippen LogP contribution in [0.4, 0.5) is 26.3 Å². The van der Waals surface area contributed by atoms with Gasteiger partial charge in [0.15, 0.2) is 0 Å². The normalized spacial score (nSPS) is 16.9. The van der Waals surface area contributed by atoms with Crippen LogP contribution >= 0.6 is 0 Å². The molecule has 0 bridgehead atoms. The van der Waals surface area contributed by atoms with Crippen LogP contribution in [0.25, 0.3) is 0 Å². The Morgan fingerprint density at radius 3 is 1.93 bits per heavy atom. The molecule has 0 unspecified atom stereocenters. The van der Waals surface area contributed by atoms with E-state index in [1.165, 1.54) is 12.1 Å². The van der Waals surface area contributed by atoms with Crippen LogP contribution < -0.4 is 14.8 Å². The number of piperazine rings is 1. The molecule has 3 rings (SSSR count). The Kier molecular flexibility index (Phi) is 6.32. The van der Waals surface area contributed by atoms with Crippen molar-refractivity contribution in [1.82, 2.24) is 10.2 Å². The van der Waals surface area contributed by atoms with Crippen molar-refractivity contribution in [3.8, 4) is 17.2 Å². The van der Waals surface area contributed by atoms with Gasteiger partial charge in [0, 0.05) is 31.7 Å². The first-order valence-corrected chi connectivity index (χ1v) is 8.91. The second-order valence-corrected chi connectivity index (χ2v) is 6.57. The number of phenolic OH excluding ortho intramolecular Hbond substituents is 1. The van der Waals surface area contributed by atoms with E-state index in [2.05, 4.69) is 14.8 Å². The lowest BCUT2D eigenvalue weighted by molar-refractivity contribution is -0.275. The number of hydrogen-bond donors (Lipinski definition) is 2. The number of nitrogens with one attached hydrogen (secondary N) is 1. The van der Waals surface area contributed by atoms with E-state index in [0.29, 0.717) is 31.7 Å². The highest BCUT2D eigenvalue weighted by Gasteiger charge is 2.33. The van der Waals surface area contributed by atoms with Crippen molar-refractivity contribution >= 4 is 0 Å². The zero-order valence-corrected chi connectivity index (χ0v) is 15.4. The molecule has 5 nitrogen and oxygen atoms in total. The molecule has 1 fully saturated rings. The summed E-state index contributed by atoms with van der Waals surface area (Å²) in [6, 6.07) is 7.44. The van der Waals surface area contributed by atoms with Crippen LogP contribution in [0, 0.1) is 0 Å². The van der Waals surface area contributed by atoms with Gasteiger partial charge in [-0.25, -0.2) is 0 Å². The molecule has 2 aromatic rings. The smallest absolute Gasteiger partial charge is 0.508 e. The number of phenols is 1. The van der Waals surface area contributed by atoms with Gasteiger partial charge in [-0.3, -0.25) is 4.90 Å². The third-order valence-electron chi connectivity index (χ3n) is 4.47. The van der Waals surface area contributed by atoms with Crippen molar-refractivity contribution in [3.63, 3.8) is 0 Å². The van der Waals surface area contributed by atoms with E-state index in [0.717, 1.165) is 30.3 Å². The van der Waals surface area contributed by atoms with Gasteiger partial charge >= 0.3 is 12.7 Å². The second kappa shape index (κ2) is 8.60. The van der Waals surface area contributed by atoms with Crippen LogP contribution in [-0.2, 0) is 0 Å². The van der Waals surface area contributed by atoms with E-state index in [1.54, 1.807) is 0 Å². The Morgan fingerprint density at radius 2 is 1.37 bits per heavy atom. The number of alkyl halides is 6. The Hall–Kier alpha value is -2.66. The fourth-order valence-electron chi connectivity index (χ4n) is 3.33. The largest absolute Gasteiger partial charge is 0.573 e. The number of benzene rings is 2. The Bertz CT molecular complexity index is 849. The lowest BCUT2D eigenvalue weighted by Crippen LogP contribution is -2.45. The molecule has 0 amide bonds. The van der Waals surface area contributed by atoms with Crippen LogP contribution in [0.5, 0.6) is 17.2 Å². The molecular weight excluding hydrogens is 418 g/mol. The molecule has 0 aromatic heterocycles. The first kappa shape index (κ1) is 22.0. The van der Waals surface area contributed by atoms with Gasteiger partial charge in [-0.15, -0.1) is 26.3 Å². The van der Waals surface area contributed by atoms with Crippen LogP contribution in [-0.4, -0.2) is 48.9 Å². The maximum Gasteiger partial charge on any atom is 0.573 e. The van der Waals surface area contributed by atoms with Crippen molar-refractivity contribution in [1.29, 1.82) is 0 Å². The van der Waals surface area contributed by atoms with Gasteiger partial charge in [-0.1, -0.05) is 12.1 Å². The van der Waals surface area contributed by atoms with Crippen molar-refractivity contribution < 1.29 is 40.9 Å². The number of nitrogens with zero attached hydrogens (tertiary/aromatic N) is 1. The number of aromatic hydroxyl groups is 1. The lowest BCUT2D eigenvalue weighted by atomic mass is 9.95. The number of rotatable bonds is 5. The zero-order chi connectivity index (χ0) is 21.9. The number of hydrogen-bond acceptors (Lipinski definition) is 5. The number of ether oxygens (including phenoxy) is 2. The first-order chi connectivity index (χ1) is 14.0. The average Bonchev–Trinajstić information content (AvgIpc) is 2.64. The molecule has 164 valence electrons. The Balaban J connectivity index is 1.98. The minimum atomic E-state index is -4.91. The quantitative estimate of drug-likeness (QED) is 0.689. The Morgan fingerprint density at radius 1 is 0.833 bits per heavy atom. The van der Waals surface area contributed by atoms with E-state index < -0.39 is 30.3 Å². The molecule has 0 saturated carbocycles. The molecule has 1 heterocycles. The van der Waals surface area contributed by atoms with Gasteiger partial charge < -0.3 is 19.9 Å². The summed E-state index contributed by atoms with van der Waals surface area (Å²) >= 11 is 0. The maximum absolute atomic E-state index is 12.6. The molecule has 0 radical (unpaired) electrons. The van der Waals surface area contributed by atoms with E-state index in [9.17, 15) is 31.4 Å². The van der Waals surface area contributed by atoms with Crippen LogP contribution in [0.15, 0.2) is 42.5 Å². The van der Waals surface area contributed by atoms with Gasteiger partial charge in [0.2, 0.25) is 0 Å². The minimum Gasteiger partial charge on any atom is -0.508 e. The predicted octanol–water partition coefficient (Wildman–Crippen LogP) is 4.18. The second-order valence-electron chi connectivity index (χ2n) is 6.57. The Labute approximate surface area is 167 Å². The third kappa shape index (κ3) is 5.92. The monoisotopic (exact) mass is 436 g/mol. The predicted molar refractivity (Wildman–Crippen MR) is 94.2 cm³/mol. The average molecular weight is 436 g/mol. The van der Waals surface area contributed by atoms with Crippen molar-refractivity contribution in [2.45, 2.75) is 18.8 Å². The molecular formula is C19H18F6N2O3. The minimum absolute atomic E-state index is 0.142. The number of halogens is 6. The highest BCUT2D eigenvalue weighted by atomic mass is 19.4. The van der Waals surface area contributed by atoms with Gasteiger partial charge in [-0.05, 0) is 35.9 Å². The summed E-state index contributed by atoms with van der Waals surface area (Å²) in [4.78, 5) is 1.91. The van der Waals surface area contributed by atoms with Gasteiger partial charge in [-0.2, -0.15) is 0 Å². The maximum atomic E-state index is 12.6. The summed E-state index contributed by atoms with van der Waals surface area (Å²) in [5.41, 5.74) is 0.619. The molecule has 2 N–H and O–H groups in total. The highest BCUT2D eigenvalue weighted by molar-refractivity contribution is 5.46. The summed E-state index contributed by atoms with van der Waals surface area (Å²) in [7, 11) is 0. The van der Waals surface area contributed by atoms with Crippen LogP contribution in [0.3, 0.4) is 0 Å². The fraction of sp³-hybridized carbons (Fsp3) is 0.368. The first-order valence-electron chi connectivity index (χ1n) is 8.91. The molecule has 2 aromatic carbocycles. The summed E-state index contributed by atoms with van der Waals surface area (Å²) in [6.07, 6.45) is -9.75. The summed E-state index contributed by atoms with van der Waals surface area (Å²) < 4.78 is 82.9. The SMILES string of the molecule is Oc1ccc(OC(F)(F)F)cc1[C@@H](c1ccc(OC(F)(F)F)cc1)N1CCNCC1. The van der Waals surface area contributed by atoms with Crippen molar-refractivity contribution in [3.05, 3.63) is 53.6 Å². The van der Waals surface area contributed by atoms with Gasteiger partial charge in [0.25, 0.3) is 0 Å². The molecule has 1 aliphatic rings. The standard InChI is InChI=1S/C19H18F6N2O3/c20-18(21,22)29-13-3-1-12(2-4-13)17(27-9-7-26-8-10-27)15-11-14(5-6-16(15)28)30-19(23,24)25/h1-6,11,17,26,28H,7-10H2/t17-/m1/s1. The molecule has 1 aliphatic heterocycles. The zero-order valence-electron chi connectivity index (χ0n) is 15.4. The van der Waals surface area contributed by atoms with Gasteiger partial charge in [0.1, 0.15) is 17.2 Å². The summed E-state index contributed by atoms with van der Waals surface area (Å²) in [5.74, 6) is -1.19. The summed E-state index contributed by atoms with van der Waals surface area (Å²) in [6.45, 7) is 2.22. The van der Waals surface area contributed by atoms with Crippen LogP contribution in [0.1, 0.15) is 17.2 Å². The molecule has 11 heteroatoms. The van der Waals surface area contributed by atoms with Gasteiger partial charge in [0.05, 0.1) is 6.04 Å². The van der Waals surface area contributed by atoms with E-state index >= 15 is 0 Å². The highest BCUT2D eigenvalue weighted by Crippen LogP contribution is 2.38. The third-order valence-corrected chi connectivity index (χ3v) is 4.47. The fourth-order valence-corrected chi connectivity index (χ4v) is 3.33. The van der Waals surface area contributed by atoms with Crippen molar-refractivity contribution in [2.75, 3.05) is 26.2 Å². The topological polar surface area (TPSA) is 54.0 Å². The van der Waals surface area contributed by atoms with E-state index in [-0.39, 0.29) is 11.3 Å². The van der Waals surface area contributed by atoms with Crippen LogP contribution in [0.2, 0.25) is 0 Å². The molecule has 0 spiro atoms. The van der Waals surface area contributed by atoms with E-state index in [1.807, 2.05) is 4.90 Å². The lowest BCUT2D eigenvalue weighted by Gasteiger charge is -2.36. The van der Waals surface area contributed by atoms with Crippen molar-refractivity contribution in [2.24, 2.45) is 0 Å². The molecule has 30 heavy (non-hydrogen) atoms. The molecule has 1 saturated heterocycles.